The van der Waals surface area contributed by atoms with Crippen molar-refractivity contribution in [3.8, 4) is 0 Å². The number of halogens is 1. The first-order valence-electron chi connectivity index (χ1n) is 4.34. The van der Waals surface area contributed by atoms with Crippen LogP contribution in [0.15, 0.2) is 23.8 Å². The molecular weight excluding hydrogens is 155 g/mol. The van der Waals surface area contributed by atoms with Crippen LogP contribution in [0.2, 0.25) is 0 Å². The lowest BCUT2D eigenvalue weighted by Crippen LogP contribution is -2.38. The molecule has 1 fully saturated rings. The summed E-state index contributed by atoms with van der Waals surface area (Å²) in [5.74, 6) is -0.361. The van der Waals surface area contributed by atoms with E-state index in [9.17, 15) is 9.18 Å². The molecule has 0 heterocycles. The van der Waals surface area contributed by atoms with Crippen molar-refractivity contribution < 1.29 is 9.18 Å². The van der Waals surface area contributed by atoms with Gasteiger partial charge >= 0.3 is 0 Å². The normalized spacial score (nSPS) is 34.4. The number of hydrogen-bond donors (Lipinski definition) is 0. The van der Waals surface area contributed by atoms with E-state index in [4.69, 9.17) is 0 Å². The summed E-state index contributed by atoms with van der Waals surface area (Å²) in [5.41, 5.74) is -0.950. The maximum Gasteiger partial charge on any atom is 0.197 e. The van der Waals surface area contributed by atoms with Gasteiger partial charge in [-0.2, -0.15) is 0 Å². The molecule has 1 saturated carbocycles. The van der Waals surface area contributed by atoms with Crippen LogP contribution in [0, 0.1) is 0 Å². The number of carbonyl (C=O) groups is 1. The van der Waals surface area contributed by atoms with E-state index in [-0.39, 0.29) is 5.78 Å². The molecular formula is C10H11FO. The predicted octanol–water partition coefficient (Wildman–Crippen LogP) is 2.33. The molecule has 0 amide bonds. The Morgan fingerprint density at radius 3 is 3.00 bits per heavy atom. The van der Waals surface area contributed by atoms with Crippen molar-refractivity contribution in [2.45, 2.75) is 31.4 Å². The van der Waals surface area contributed by atoms with Crippen LogP contribution in [-0.2, 0) is 4.79 Å². The quantitative estimate of drug-likeness (QED) is 0.539. The topological polar surface area (TPSA) is 17.1 Å². The van der Waals surface area contributed by atoms with Gasteiger partial charge < -0.3 is 0 Å². The Morgan fingerprint density at radius 1 is 1.42 bits per heavy atom. The number of rotatable bonds is 0. The number of fused-ring (bicyclic) bond motifs is 1. The van der Waals surface area contributed by atoms with Gasteiger partial charge in [-0.25, -0.2) is 4.39 Å². The fourth-order valence-corrected chi connectivity index (χ4v) is 1.92. The average Bonchev–Trinajstić information content (AvgIpc) is 2.07. The Balaban J connectivity index is 2.38. The van der Waals surface area contributed by atoms with Crippen LogP contribution in [-0.4, -0.2) is 11.5 Å². The van der Waals surface area contributed by atoms with Crippen molar-refractivity contribution in [1.82, 2.24) is 0 Å². The Hall–Kier alpha value is -0.920. The molecule has 0 aliphatic heterocycles. The highest BCUT2D eigenvalue weighted by Crippen LogP contribution is 2.39. The summed E-state index contributed by atoms with van der Waals surface area (Å²) in [7, 11) is 0. The Labute approximate surface area is 71.0 Å². The lowest BCUT2D eigenvalue weighted by Gasteiger charge is -2.31. The molecule has 0 spiro atoms. The van der Waals surface area contributed by atoms with Gasteiger partial charge in [-0.15, -0.1) is 0 Å². The van der Waals surface area contributed by atoms with Crippen molar-refractivity contribution in [2.75, 3.05) is 0 Å². The standard InChI is InChI=1S/C10H11FO/c11-10-7-2-1-4-8(10)5-3-6-9(10)12/h3,5-6H,1-2,4,7H2/t10-/m1/s1. The molecule has 0 aromatic carbocycles. The molecule has 1 atom stereocenters. The Morgan fingerprint density at radius 2 is 2.25 bits per heavy atom. The molecule has 2 heteroatoms. The molecule has 64 valence electrons. The highest BCUT2D eigenvalue weighted by atomic mass is 19.1. The maximum atomic E-state index is 13.9. The van der Waals surface area contributed by atoms with Crippen LogP contribution in [0.4, 0.5) is 4.39 Å². The Kier molecular flexibility index (Phi) is 1.63. The van der Waals surface area contributed by atoms with Crippen molar-refractivity contribution in [2.24, 2.45) is 0 Å². The van der Waals surface area contributed by atoms with Crippen molar-refractivity contribution >= 4 is 5.78 Å². The molecule has 0 saturated heterocycles. The summed E-state index contributed by atoms with van der Waals surface area (Å²) in [6.45, 7) is 0. The van der Waals surface area contributed by atoms with Gasteiger partial charge in [-0.05, 0) is 37.3 Å². The molecule has 2 rings (SSSR count). The number of carbonyl (C=O) groups excluding carboxylic acids is 1. The number of allylic oxidation sites excluding steroid dienone is 4. The zero-order valence-corrected chi connectivity index (χ0v) is 6.85. The second-order valence-electron chi connectivity index (χ2n) is 3.42. The van der Waals surface area contributed by atoms with Gasteiger partial charge in [-0.3, -0.25) is 4.79 Å². The van der Waals surface area contributed by atoms with E-state index < -0.39 is 5.67 Å². The first-order chi connectivity index (χ1) is 5.73. The SMILES string of the molecule is O=C1C=CC=C2CCCC[C@]12F. The number of hydrogen-bond acceptors (Lipinski definition) is 1. The van der Waals surface area contributed by atoms with Gasteiger partial charge in [0.05, 0.1) is 0 Å². The van der Waals surface area contributed by atoms with Crippen LogP contribution in [0.5, 0.6) is 0 Å². The van der Waals surface area contributed by atoms with Crippen LogP contribution < -0.4 is 0 Å². The number of alkyl halides is 1. The summed E-state index contributed by atoms with van der Waals surface area (Å²) >= 11 is 0. The third-order valence-electron chi connectivity index (χ3n) is 2.66. The lowest BCUT2D eigenvalue weighted by atomic mass is 9.76. The average molecular weight is 166 g/mol. The lowest BCUT2D eigenvalue weighted by molar-refractivity contribution is -0.124. The van der Waals surface area contributed by atoms with E-state index in [1.807, 2.05) is 0 Å². The zero-order chi connectivity index (χ0) is 8.60. The van der Waals surface area contributed by atoms with E-state index in [0.717, 1.165) is 19.3 Å². The third kappa shape index (κ3) is 0.942. The van der Waals surface area contributed by atoms with Crippen molar-refractivity contribution in [1.29, 1.82) is 0 Å². The molecule has 0 bridgehead atoms. The van der Waals surface area contributed by atoms with Gasteiger partial charge in [0.2, 0.25) is 0 Å². The van der Waals surface area contributed by atoms with Crippen LogP contribution in [0.3, 0.4) is 0 Å². The minimum atomic E-state index is -1.63. The van der Waals surface area contributed by atoms with Gasteiger partial charge in [0.1, 0.15) is 0 Å². The highest BCUT2D eigenvalue weighted by molar-refractivity contribution is 6.01. The third-order valence-corrected chi connectivity index (χ3v) is 2.66. The maximum absolute atomic E-state index is 13.9. The monoisotopic (exact) mass is 166 g/mol. The van der Waals surface area contributed by atoms with Gasteiger partial charge in [0.25, 0.3) is 0 Å². The van der Waals surface area contributed by atoms with Crippen molar-refractivity contribution in [3.05, 3.63) is 23.8 Å². The van der Waals surface area contributed by atoms with E-state index in [0.29, 0.717) is 12.0 Å². The molecule has 0 radical (unpaired) electrons. The van der Waals surface area contributed by atoms with Crippen molar-refractivity contribution in [3.63, 3.8) is 0 Å². The predicted molar refractivity (Wildman–Crippen MR) is 44.5 cm³/mol. The molecule has 0 aromatic rings. The molecule has 2 aliphatic carbocycles. The minimum absolute atomic E-state index is 0.361. The first-order valence-corrected chi connectivity index (χ1v) is 4.34. The molecule has 12 heavy (non-hydrogen) atoms. The highest BCUT2D eigenvalue weighted by Gasteiger charge is 2.42. The van der Waals surface area contributed by atoms with E-state index in [1.165, 1.54) is 6.08 Å². The number of ketones is 1. The zero-order valence-electron chi connectivity index (χ0n) is 6.85. The fraction of sp³-hybridized carbons (Fsp3) is 0.500. The molecule has 1 nitrogen and oxygen atoms in total. The van der Waals surface area contributed by atoms with Crippen LogP contribution >= 0.6 is 0 Å². The van der Waals surface area contributed by atoms with Crippen LogP contribution in [0.25, 0.3) is 0 Å². The van der Waals surface area contributed by atoms with Crippen LogP contribution in [0.1, 0.15) is 25.7 Å². The molecule has 0 aromatic heterocycles. The van der Waals surface area contributed by atoms with Gasteiger partial charge in [0.15, 0.2) is 11.5 Å². The summed E-state index contributed by atoms with van der Waals surface area (Å²) < 4.78 is 13.9. The second kappa shape index (κ2) is 2.54. The molecule has 0 N–H and O–H groups in total. The summed E-state index contributed by atoms with van der Waals surface area (Å²) in [6.07, 6.45) is 7.71. The largest absolute Gasteiger partial charge is 0.291 e. The molecule has 2 aliphatic rings. The summed E-state index contributed by atoms with van der Waals surface area (Å²) in [6, 6.07) is 0. The van der Waals surface area contributed by atoms with E-state index in [2.05, 4.69) is 0 Å². The van der Waals surface area contributed by atoms with Gasteiger partial charge in [0, 0.05) is 0 Å². The second-order valence-corrected chi connectivity index (χ2v) is 3.42. The smallest absolute Gasteiger partial charge is 0.197 e. The van der Waals surface area contributed by atoms with E-state index >= 15 is 0 Å². The Bertz CT molecular complexity index is 278. The molecule has 0 unspecified atom stereocenters. The van der Waals surface area contributed by atoms with Gasteiger partial charge in [-0.1, -0.05) is 12.2 Å². The summed E-state index contributed by atoms with van der Waals surface area (Å²) in [5, 5.41) is 0. The van der Waals surface area contributed by atoms with E-state index in [1.54, 1.807) is 12.2 Å². The minimum Gasteiger partial charge on any atom is -0.291 e. The first kappa shape index (κ1) is 7.71. The summed E-state index contributed by atoms with van der Waals surface area (Å²) in [4.78, 5) is 11.2. The fourth-order valence-electron chi connectivity index (χ4n) is 1.92.